The van der Waals surface area contributed by atoms with Crippen LogP contribution in [0.5, 0.6) is 0 Å². The molecule has 0 aromatic rings. The molecule has 3 aliphatic rings. The maximum Gasteiger partial charge on any atom is 0.239 e. The van der Waals surface area contributed by atoms with Crippen LogP contribution in [0, 0.1) is 0 Å². The van der Waals surface area contributed by atoms with Gasteiger partial charge in [-0.3, -0.25) is 24.4 Å². The zero-order chi connectivity index (χ0) is 22.2. The van der Waals surface area contributed by atoms with E-state index in [1.807, 2.05) is 9.80 Å². The van der Waals surface area contributed by atoms with Crippen LogP contribution in [0.3, 0.4) is 0 Å². The van der Waals surface area contributed by atoms with Crippen LogP contribution in [-0.2, 0) is 9.59 Å². The van der Waals surface area contributed by atoms with Gasteiger partial charge >= 0.3 is 0 Å². The second-order valence-electron chi connectivity index (χ2n) is 8.81. The van der Waals surface area contributed by atoms with E-state index < -0.39 is 0 Å². The van der Waals surface area contributed by atoms with Crippen molar-refractivity contribution in [2.45, 2.75) is 39.7 Å². The van der Waals surface area contributed by atoms with Gasteiger partial charge in [0.2, 0.25) is 11.8 Å². The third-order valence-electron chi connectivity index (χ3n) is 6.77. The van der Waals surface area contributed by atoms with E-state index in [0.717, 1.165) is 104 Å². The Hall–Kier alpha value is -1.87. The Balaban J connectivity index is 1.44. The number of nitrogens with zero attached hydrogens (tertiary/aromatic N) is 6. The summed E-state index contributed by atoms with van der Waals surface area (Å²) in [7, 11) is 0. The van der Waals surface area contributed by atoms with Gasteiger partial charge in [-0.25, -0.2) is 0 Å². The number of piperazine rings is 2. The normalized spacial score (nSPS) is 22.7. The molecule has 0 aliphatic carbocycles. The summed E-state index contributed by atoms with van der Waals surface area (Å²) in [6.07, 6.45) is 2.28. The Morgan fingerprint density at radius 1 is 0.871 bits per heavy atom. The van der Waals surface area contributed by atoms with Crippen molar-refractivity contribution in [3.05, 3.63) is 0 Å². The van der Waals surface area contributed by atoms with E-state index in [-0.39, 0.29) is 17.9 Å². The van der Waals surface area contributed by atoms with Gasteiger partial charge in [-0.1, -0.05) is 0 Å². The lowest BCUT2D eigenvalue weighted by atomic mass is 10.2. The van der Waals surface area contributed by atoms with E-state index in [0.29, 0.717) is 0 Å². The van der Waals surface area contributed by atoms with Gasteiger partial charge in [0.25, 0.3) is 0 Å². The summed E-state index contributed by atoms with van der Waals surface area (Å²) >= 11 is 0. The first-order valence-electron chi connectivity index (χ1n) is 12.0. The van der Waals surface area contributed by atoms with Crippen molar-refractivity contribution in [1.29, 1.82) is 0 Å². The lowest BCUT2D eigenvalue weighted by Gasteiger charge is -2.39. The first kappa shape index (κ1) is 23.8. The molecule has 0 aromatic carbocycles. The molecule has 0 saturated carbocycles. The van der Waals surface area contributed by atoms with Gasteiger partial charge in [0.05, 0.1) is 12.6 Å². The van der Waals surface area contributed by atoms with Crippen molar-refractivity contribution in [2.24, 2.45) is 4.99 Å². The molecule has 2 amide bonds. The monoisotopic (exact) mass is 435 g/mol. The van der Waals surface area contributed by atoms with Crippen molar-refractivity contribution in [3.8, 4) is 0 Å². The molecule has 1 unspecified atom stereocenters. The van der Waals surface area contributed by atoms with Crippen LogP contribution < -0.4 is 5.32 Å². The topological polar surface area (TPSA) is 74.7 Å². The third kappa shape index (κ3) is 6.55. The largest absolute Gasteiger partial charge is 0.357 e. The molecule has 176 valence electrons. The van der Waals surface area contributed by atoms with Crippen LogP contribution in [-0.4, -0.2) is 133 Å². The average molecular weight is 436 g/mol. The highest BCUT2D eigenvalue weighted by atomic mass is 16.2. The van der Waals surface area contributed by atoms with Crippen LogP contribution in [0.15, 0.2) is 4.99 Å². The molecule has 3 aliphatic heterocycles. The van der Waals surface area contributed by atoms with Crippen LogP contribution in [0.25, 0.3) is 0 Å². The number of likely N-dealkylation sites (tertiary alicyclic amines) is 1. The van der Waals surface area contributed by atoms with Crippen molar-refractivity contribution >= 4 is 17.8 Å². The minimum Gasteiger partial charge on any atom is -0.357 e. The lowest BCUT2D eigenvalue weighted by Crippen LogP contribution is -2.57. The third-order valence-corrected chi connectivity index (χ3v) is 6.77. The van der Waals surface area contributed by atoms with Crippen LogP contribution >= 0.6 is 0 Å². The molecule has 1 atom stereocenters. The number of guanidine groups is 1. The van der Waals surface area contributed by atoms with E-state index in [9.17, 15) is 9.59 Å². The molecule has 1 N–H and O–H groups in total. The first-order valence-corrected chi connectivity index (χ1v) is 12.0. The zero-order valence-corrected chi connectivity index (χ0v) is 19.7. The minimum absolute atomic E-state index is 0.0338. The number of hydrogen-bond donors (Lipinski definition) is 1. The van der Waals surface area contributed by atoms with Gasteiger partial charge in [0.15, 0.2) is 5.96 Å². The molecular weight excluding hydrogens is 394 g/mol. The molecule has 3 heterocycles. The Bertz CT molecular complexity index is 619. The van der Waals surface area contributed by atoms with Crippen LogP contribution in [0.2, 0.25) is 0 Å². The van der Waals surface area contributed by atoms with E-state index in [2.05, 4.69) is 33.9 Å². The summed E-state index contributed by atoms with van der Waals surface area (Å²) in [5.74, 6) is 1.43. The summed E-state index contributed by atoms with van der Waals surface area (Å²) in [5, 5.41) is 3.43. The highest BCUT2D eigenvalue weighted by Gasteiger charge is 2.30. The predicted octanol–water partition coefficient (Wildman–Crippen LogP) is -0.255. The summed E-state index contributed by atoms with van der Waals surface area (Å²) in [5.41, 5.74) is 0. The fourth-order valence-electron chi connectivity index (χ4n) is 4.69. The van der Waals surface area contributed by atoms with Gasteiger partial charge in [0.1, 0.15) is 0 Å². The van der Waals surface area contributed by atoms with Crippen LogP contribution in [0.4, 0.5) is 0 Å². The number of nitrogens with one attached hydrogen (secondary N) is 1. The maximum atomic E-state index is 12.7. The summed E-state index contributed by atoms with van der Waals surface area (Å²) < 4.78 is 0. The predicted molar refractivity (Wildman–Crippen MR) is 123 cm³/mol. The molecule has 3 saturated heterocycles. The highest BCUT2D eigenvalue weighted by Crippen LogP contribution is 2.14. The number of amides is 2. The Morgan fingerprint density at radius 2 is 1.48 bits per heavy atom. The number of hydrogen-bond acceptors (Lipinski definition) is 5. The van der Waals surface area contributed by atoms with Gasteiger partial charge in [-0.05, 0) is 26.7 Å². The first-order chi connectivity index (χ1) is 15.0. The molecule has 9 heteroatoms. The van der Waals surface area contributed by atoms with Crippen molar-refractivity contribution in [2.75, 3.05) is 85.1 Å². The van der Waals surface area contributed by atoms with Crippen molar-refractivity contribution < 1.29 is 9.59 Å². The van der Waals surface area contributed by atoms with Gasteiger partial charge in [-0.2, -0.15) is 0 Å². The smallest absolute Gasteiger partial charge is 0.239 e. The van der Waals surface area contributed by atoms with E-state index in [1.165, 1.54) is 0 Å². The number of rotatable bonds is 6. The summed E-state index contributed by atoms with van der Waals surface area (Å²) in [6, 6.07) is -0.0338. The quantitative estimate of drug-likeness (QED) is 0.458. The molecule has 31 heavy (non-hydrogen) atoms. The standard InChI is InChI=1S/C22H41N7O2/c1-4-23-22(24-7-10-25-11-13-27(14-12-25)20(3)30)29-17-15-26(16-18-29)19(2)21(31)28-8-5-6-9-28/h19H,4-18H2,1-3H3,(H,23,24). The second kappa shape index (κ2) is 11.7. The Morgan fingerprint density at radius 3 is 2.06 bits per heavy atom. The number of aliphatic imine (C=N–C) groups is 1. The molecule has 0 radical (unpaired) electrons. The van der Waals surface area contributed by atoms with Crippen molar-refractivity contribution in [1.82, 2.24) is 29.8 Å². The van der Waals surface area contributed by atoms with E-state index in [4.69, 9.17) is 4.99 Å². The van der Waals surface area contributed by atoms with Gasteiger partial charge in [-0.15, -0.1) is 0 Å². The fraction of sp³-hybridized carbons (Fsp3) is 0.864. The summed E-state index contributed by atoms with van der Waals surface area (Å²) in [4.78, 5) is 40.0. The summed E-state index contributed by atoms with van der Waals surface area (Å²) in [6.45, 7) is 17.2. The second-order valence-corrected chi connectivity index (χ2v) is 8.81. The minimum atomic E-state index is -0.0338. The number of carbonyl (C=O) groups is 2. The Labute approximate surface area is 187 Å². The zero-order valence-electron chi connectivity index (χ0n) is 19.7. The number of carbonyl (C=O) groups excluding carboxylic acids is 2. The molecule has 0 spiro atoms. The fourth-order valence-corrected chi connectivity index (χ4v) is 4.69. The van der Waals surface area contributed by atoms with E-state index in [1.54, 1.807) is 6.92 Å². The van der Waals surface area contributed by atoms with Crippen LogP contribution in [0.1, 0.15) is 33.6 Å². The Kier molecular flexibility index (Phi) is 8.95. The average Bonchev–Trinajstić information content (AvgIpc) is 3.33. The molecule has 3 rings (SSSR count). The SMILES string of the molecule is CCNC(=NCCN1CCN(C(C)=O)CC1)N1CCN(C(C)C(=O)N2CCCC2)CC1. The molecular formula is C22H41N7O2. The van der Waals surface area contributed by atoms with E-state index >= 15 is 0 Å². The lowest BCUT2D eigenvalue weighted by molar-refractivity contribution is -0.135. The maximum absolute atomic E-state index is 12.7. The molecule has 3 fully saturated rings. The molecule has 0 bridgehead atoms. The van der Waals surface area contributed by atoms with Gasteiger partial charge in [0, 0.05) is 85.5 Å². The van der Waals surface area contributed by atoms with Crippen molar-refractivity contribution in [3.63, 3.8) is 0 Å². The molecule has 0 aromatic heterocycles. The highest BCUT2D eigenvalue weighted by molar-refractivity contribution is 5.82. The molecule has 9 nitrogen and oxygen atoms in total. The van der Waals surface area contributed by atoms with Gasteiger partial charge < -0.3 is 20.0 Å².